The maximum atomic E-state index is 13.6. The fourth-order valence-corrected chi connectivity index (χ4v) is 2.15. The van der Waals surface area contributed by atoms with Crippen molar-refractivity contribution in [2.45, 2.75) is 13.8 Å². The maximum absolute atomic E-state index is 13.6. The molecule has 0 aliphatic carbocycles. The van der Waals surface area contributed by atoms with Crippen molar-refractivity contribution in [3.8, 4) is 0 Å². The smallest absolute Gasteiger partial charge is 0.146 e. The first-order chi connectivity index (χ1) is 8.15. The first kappa shape index (κ1) is 11.6. The van der Waals surface area contributed by atoms with Crippen LogP contribution < -0.4 is 0 Å². The molecule has 1 aromatic carbocycles. The fourth-order valence-electron chi connectivity index (χ4n) is 2.15. The van der Waals surface area contributed by atoms with E-state index in [9.17, 15) is 4.39 Å². The molecule has 0 amide bonds. The van der Waals surface area contributed by atoms with E-state index in [0.717, 1.165) is 16.8 Å². The Bertz CT molecular complexity index is 497. The second-order valence-corrected chi connectivity index (χ2v) is 4.08. The minimum atomic E-state index is -0.246. The summed E-state index contributed by atoms with van der Waals surface area (Å²) in [5, 5.41) is 0. The number of hydrogen-bond acceptors (Lipinski definition) is 1. The van der Waals surface area contributed by atoms with Gasteiger partial charge in [-0.05, 0) is 31.1 Å². The standard InChI is InChI=1S/C15H16FN/c1-4-17-12(3)14(16)10-11(2)15(17)13-8-6-5-7-9-13/h5-10H,3-4H2,1-2H3. The Morgan fingerprint density at radius 2 is 1.88 bits per heavy atom. The molecule has 1 aromatic rings. The largest absolute Gasteiger partial charge is 0.339 e. The zero-order chi connectivity index (χ0) is 12.4. The Labute approximate surface area is 102 Å². The SMILES string of the molecule is C=C1C(F)=CC(C)=C(c2ccccc2)N1CC. The van der Waals surface area contributed by atoms with Crippen LogP contribution in [0.2, 0.25) is 0 Å². The predicted molar refractivity (Wildman–Crippen MR) is 69.7 cm³/mol. The highest BCUT2D eigenvalue weighted by Crippen LogP contribution is 2.34. The van der Waals surface area contributed by atoms with Crippen LogP contribution in [0.3, 0.4) is 0 Å². The average molecular weight is 229 g/mol. The van der Waals surface area contributed by atoms with E-state index in [-0.39, 0.29) is 5.83 Å². The molecular weight excluding hydrogens is 213 g/mol. The molecule has 0 spiro atoms. The van der Waals surface area contributed by atoms with E-state index < -0.39 is 0 Å². The van der Waals surface area contributed by atoms with Crippen molar-refractivity contribution in [2.75, 3.05) is 6.54 Å². The summed E-state index contributed by atoms with van der Waals surface area (Å²) in [6.45, 7) is 8.44. The van der Waals surface area contributed by atoms with Gasteiger partial charge in [-0.1, -0.05) is 36.9 Å². The minimum Gasteiger partial charge on any atom is -0.339 e. The maximum Gasteiger partial charge on any atom is 0.146 e. The van der Waals surface area contributed by atoms with Crippen LogP contribution in [0.15, 0.2) is 60.1 Å². The lowest BCUT2D eigenvalue weighted by Gasteiger charge is -2.31. The van der Waals surface area contributed by atoms with E-state index in [4.69, 9.17) is 0 Å². The number of rotatable bonds is 2. The summed E-state index contributed by atoms with van der Waals surface area (Å²) >= 11 is 0. The number of likely N-dealkylation sites (N-methyl/N-ethyl adjacent to an activating group) is 1. The van der Waals surface area contributed by atoms with Gasteiger partial charge >= 0.3 is 0 Å². The van der Waals surface area contributed by atoms with Gasteiger partial charge in [-0.25, -0.2) is 4.39 Å². The predicted octanol–water partition coefficient (Wildman–Crippen LogP) is 4.12. The van der Waals surface area contributed by atoms with Crippen molar-refractivity contribution in [3.63, 3.8) is 0 Å². The van der Waals surface area contributed by atoms with Gasteiger partial charge in [0, 0.05) is 6.54 Å². The van der Waals surface area contributed by atoms with E-state index in [1.165, 1.54) is 0 Å². The molecule has 1 aliphatic rings. The first-order valence-electron chi connectivity index (χ1n) is 5.75. The zero-order valence-corrected chi connectivity index (χ0v) is 10.2. The molecule has 0 radical (unpaired) electrons. The highest BCUT2D eigenvalue weighted by Gasteiger charge is 2.22. The Kier molecular flexibility index (Phi) is 3.14. The molecule has 0 fully saturated rings. The van der Waals surface area contributed by atoms with Gasteiger partial charge in [-0.15, -0.1) is 0 Å². The summed E-state index contributed by atoms with van der Waals surface area (Å²) in [7, 11) is 0. The zero-order valence-electron chi connectivity index (χ0n) is 10.2. The van der Waals surface area contributed by atoms with E-state index >= 15 is 0 Å². The van der Waals surface area contributed by atoms with Gasteiger partial charge in [0.25, 0.3) is 0 Å². The first-order valence-corrected chi connectivity index (χ1v) is 5.75. The van der Waals surface area contributed by atoms with Gasteiger partial charge < -0.3 is 4.90 Å². The minimum absolute atomic E-state index is 0.246. The summed E-state index contributed by atoms with van der Waals surface area (Å²) in [6.07, 6.45) is 1.55. The molecule has 0 saturated heterocycles. The summed E-state index contributed by atoms with van der Waals surface area (Å²) in [5.74, 6) is -0.246. The van der Waals surface area contributed by atoms with Crippen LogP contribution >= 0.6 is 0 Å². The molecule has 1 aliphatic heterocycles. The van der Waals surface area contributed by atoms with Crippen molar-refractivity contribution in [1.29, 1.82) is 0 Å². The van der Waals surface area contributed by atoms with Gasteiger partial charge in [0.05, 0.1) is 11.4 Å². The van der Waals surface area contributed by atoms with Gasteiger partial charge in [-0.3, -0.25) is 0 Å². The molecular formula is C15H16FN. The molecule has 0 atom stereocenters. The number of halogens is 1. The summed E-state index contributed by atoms with van der Waals surface area (Å²) in [5.41, 5.74) is 3.51. The molecule has 0 N–H and O–H groups in total. The van der Waals surface area contributed by atoms with Crippen LogP contribution in [0.25, 0.3) is 5.70 Å². The van der Waals surface area contributed by atoms with Crippen LogP contribution in [-0.2, 0) is 0 Å². The van der Waals surface area contributed by atoms with Gasteiger partial charge in [0.2, 0.25) is 0 Å². The van der Waals surface area contributed by atoms with E-state index in [1.54, 1.807) is 6.08 Å². The Hall–Kier alpha value is -1.83. The Morgan fingerprint density at radius 3 is 2.47 bits per heavy atom. The highest BCUT2D eigenvalue weighted by molar-refractivity contribution is 5.73. The van der Waals surface area contributed by atoms with E-state index in [1.807, 2.05) is 49.1 Å². The van der Waals surface area contributed by atoms with Crippen LogP contribution in [-0.4, -0.2) is 11.4 Å². The number of nitrogens with zero attached hydrogens (tertiary/aromatic N) is 1. The lowest BCUT2D eigenvalue weighted by molar-refractivity contribution is 0.473. The molecule has 2 rings (SSSR count). The van der Waals surface area contributed by atoms with Crippen molar-refractivity contribution < 1.29 is 4.39 Å². The molecule has 2 heteroatoms. The fraction of sp³-hybridized carbons (Fsp3) is 0.200. The molecule has 1 heterocycles. The van der Waals surface area contributed by atoms with Gasteiger partial charge in [0.1, 0.15) is 5.83 Å². The number of benzene rings is 1. The lowest BCUT2D eigenvalue weighted by Crippen LogP contribution is -2.24. The second kappa shape index (κ2) is 4.58. The monoisotopic (exact) mass is 229 g/mol. The Morgan fingerprint density at radius 1 is 1.24 bits per heavy atom. The molecule has 0 unspecified atom stereocenters. The van der Waals surface area contributed by atoms with Gasteiger partial charge in [-0.2, -0.15) is 0 Å². The average Bonchev–Trinajstić information content (AvgIpc) is 2.34. The van der Waals surface area contributed by atoms with Crippen molar-refractivity contribution in [1.82, 2.24) is 4.90 Å². The van der Waals surface area contributed by atoms with Crippen LogP contribution in [0.5, 0.6) is 0 Å². The summed E-state index contributed by atoms with van der Waals surface area (Å²) < 4.78 is 13.6. The van der Waals surface area contributed by atoms with Crippen molar-refractivity contribution in [2.24, 2.45) is 0 Å². The number of allylic oxidation sites excluding steroid dienone is 3. The molecule has 17 heavy (non-hydrogen) atoms. The van der Waals surface area contributed by atoms with Crippen LogP contribution in [0, 0.1) is 0 Å². The number of hydrogen-bond donors (Lipinski definition) is 0. The van der Waals surface area contributed by atoms with Crippen LogP contribution in [0.4, 0.5) is 4.39 Å². The van der Waals surface area contributed by atoms with Crippen molar-refractivity contribution >= 4 is 5.70 Å². The molecule has 0 bridgehead atoms. The Balaban J connectivity index is 2.56. The van der Waals surface area contributed by atoms with Crippen LogP contribution in [0.1, 0.15) is 19.4 Å². The summed E-state index contributed by atoms with van der Waals surface area (Å²) in [6, 6.07) is 10.0. The van der Waals surface area contributed by atoms with E-state index in [0.29, 0.717) is 12.2 Å². The van der Waals surface area contributed by atoms with Crippen molar-refractivity contribution in [3.05, 3.63) is 65.6 Å². The van der Waals surface area contributed by atoms with Gasteiger partial charge in [0.15, 0.2) is 0 Å². The second-order valence-electron chi connectivity index (χ2n) is 4.08. The normalized spacial score (nSPS) is 16.3. The third kappa shape index (κ3) is 2.03. The topological polar surface area (TPSA) is 3.24 Å². The summed E-state index contributed by atoms with van der Waals surface area (Å²) in [4.78, 5) is 1.92. The lowest BCUT2D eigenvalue weighted by atomic mass is 10.0. The molecule has 0 saturated carbocycles. The quantitative estimate of drug-likeness (QED) is 0.737. The molecule has 0 aromatic heterocycles. The molecule has 1 nitrogen and oxygen atoms in total. The highest BCUT2D eigenvalue weighted by atomic mass is 19.1. The van der Waals surface area contributed by atoms with E-state index in [2.05, 4.69) is 6.58 Å². The third-order valence-electron chi connectivity index (χ3n) is 2.95. The third-order valence-corrected chi connectivity index (χ3v) is 2.95. The molecule has 88 valence electrons.